The summed E-state index contributed by atoms with van der Waals surface area (Å²) < 4.78 is 0. The number of aliphatic hydroxyl groups is 1. The minimum absolute atomic E-state index is 0.0331. The van der Waals surface area contributed by atoms with Gasteiger partial charge in [-0.25, -0.2) is 0 Å². The number of hydrogen-bond acceptors (Lipinski definition) is 3. The number of thioether (sulfide) groups is 1. The van der Waals surface area contributed by atoms with Crippen molar-refractivity contribution in [3.63, 3.8) is 0 Å². The number of hydrogen-bond donors (Lipinski definition) is 2. The van der Waals surface area contributed by atoms with E-state index in [1.807, 2.05) is 11.8 Å². The van der Waals surface area contributed by atoms with Gasteiger partial charge in [0.1, 0.15) is 0 Å². The standard InChI is InChI=1S/C17H29NO2S/c1-16-8-13-7-14(9-16)11-17(10-13,12-16)15(20)18-3-6-21-5-2-4-19/h13-14,19H,2-12H2,1H3,(H,18,20). The number of nitrogens with one attached hydrogen (secondary N) is 1. The van der Waals surface area contributed by atoms with Crippen molar-refractivity contribution < 1.29 is 9.90 Å². The van der Waals surface area contributed by atoms with Crippen LogP contribution in [0.15, 0.2) is 0 Å². The summed E-state index contributed by atoms with van der Waals surface area (Å²) >= 11 is 1.82. The second-order valence-corrected chi connectivity index (χ2v) is 9.22. The van der Waals surface area contributed by atoms with Crippen molar-refractivity contribution in [2.24, 2.45) is 22.7 Å². The van der Waals surface area contributed by atoms with Crippen LogP contribution in [-0.4, -0.2) is 35.7 Å². The van der Waals surface area contributed by atoms with E-state index in [9.17, 15) is 4.79 Å². The predicted molar refractivity (Wildman–Crippen MR) is 87.3 cm³/mol. The Morgan fingerprint density at radius 1 is 1.24 bits per heavy atom. The Morgan fingerprint density at radius 2 is 1.95 bits per heavy atom. The van der Waals surface area contributed by atoms with Gasteiger partial charge < -0.3 is 10.4 Å². The van der Waals surface area contributed by atoms with Crippen molar-refractivity contribution in [2.45, 2.75) is 51.9 Å². The van der Waals surface area contributed by atoms with Gasteiger partial charge in [0.15, 0.2) is 0 Å². The molecule has 0 spiro atoms. The summed E-state index contributed by atoms with van der Waals surface area (Å²) in [5, 5.41) is 12.0. The molecule has 4 saturated carbocycles. The molecule has 120 valence electrons. The molecule has 0 aromatic rings. The third-order valence-electron chi connectivity index (χ3n) is 5.81. The molecule has 0 radical (unpaired) electrons. The van der Waals surface area contributed by atoms with Crippen LogP contribution in [0, 0.1) is 22.7 Å². The highest BCUT2D eigenvalue weighted by Gasteiger charge is 2.58. The third kappa shape index (κ3) is 3.26. The lowest BCUT2D eigenvalue weighted by molar-refractivity contribution is -0.155. The Kier molecular flexibility index (Phi) is 4.56. The van der Waals surface area contributed by atoms with Crippen LogP contribution in [0.5, 0.6) is 0 Å². The van der Waals surface area contributed by atoms with E-state index in [1.165, 1.54) is 19.3 Å². The molecule has 2 unspecified atom stereocenters. The average Bonchev–Trinajstić information content (AvgIpc) is 2.39. The summed E-state index contributed by atoms with van der Waals surface area (Å²) in [4.78, 5) is 12.8. The largest absolute Gasteiger partial charge is 0.396 e. The molecule has 21 heavy (non-hydrogen) atoms. The van der Waals surface area contributed by atoms with Gasteiger partial charge in [0.2, 0.25) is 5.91 Å². The van der Waals surface area contributed by atoms with E-state index in [4.69, 9.17) is 5.11 Å². The summed E-state index contributed by atoms with van der Waals surface area (Å²) in [6.45, 7) is 3.46. The Labute approximate surface area is 132 Å². The highest BCUT2D eigenvalue weighted by atomic mass is 32.2. The van der Waals surface area contributed by atoms with Gasteiger partial charge in [-0.1, -0.05) is 6.92 Å². The van der Waals surface area contributed by atoms with Crippen molar-refractivity contribution in [1.29, 1.82) is 0 Å². The van der Waals surface area contributed by atoms with Crippen molar-refractivity contribution in [3.8, 4) is 0 Å². The van der Waals surface area contributed by atoms with E-state index < -0.39 is 0 Å². The first-order valence-corrected chi connectivity index (χ1v) is 9.68. The summed E-state index contributed by atoms with van der Waals surface area (Å²) in [7, 11) is 0. The van der Waals surface area contributed by atoms with Crippen LogP contribution in [0.3, 0.4) is 0 Å². The van der Waals surface area contributed by atoms with Crippen LogP contribution >= 0.6 is 11.8 Å². The first kappa shape index (κ1) is 15.7. The molecule has 0 saturated heterocycles. The van der Waals surface area contributed by atoms with Crippen LogP contribution < -0.4 is 5.32 Å². The minimum atomic E-state index is -0.0331. The van der Waals surface area contributed by atoms with Gasteiger partial charge in [0.25, 0.3) is 0 Å². The SMILES string of the molecule is CC12CC3CC(C1)CC(C(=O)NCCSCCCO)(C3)C2. The Morgan fingerprint density at radius 3 is 2.57 bits per heavy atom. The van der Waals surface area contributed by atoms with Gasteiger partial charge in [0, 0.05) is 18.9 Å². The molecule has 4 rings (SSSR count). The van der Waals surface area contributed by atoms with Crippen molar-refractivity contribution in [2.75, 3.05) is 24.7 Å². The molecule has 0 aromatic heterocycles. The first-order chi connectivity index (χ1) is 10.1. The lowest BCUT2D eigenvalue weighted by Gasteiger charge is -2.60. The molecule has 3 nitrogen and oxygen atoms in total. The number of amides is 1. The van der Waals surface area contributed by atoms with Gasteiger partial charge in [-0.15, -0.1) is 0 Å². The minimum Gasteiger partial charge on any atom is -0.396 e. The zero-order chi connectivity index (χ0) is 14.9. The van der Waals surface area contributed by atoms with Crippen molar-refractivity contribution in [1.82, 2.24) is 5.32 Å². The quantitative estimate of drug-likeness (QED) is 0.711. The summed E-state index contributed by atoms with van der Waals surface area (Å²) in [6.07, 6.45) is 8.35. The molecule has 4 fully saturated rings. The van der Waals surface area contributed by atoms with E-state index in [0.29, 0.717) is 11.3 Å². The summed E-state index contributed by atoms with van der Waals surface area (Å²) in [5.74, 6) is 3.90. The number of carbonyl (C=O) groups is 1. The molecule has 2 N–H and O–H groups in total. The fraction of sp³-hybridized carbons (Fsp3) is 0.941. The van der Waals surface area contributed by atoms with Crippen LogP contribution in [0.4, 0.5) is 0 Å². The number of aliphatic hydroxyl groups excluding tert-OH is 1. The predicted octanol–water partition coefficient (Wildman–Crippen LogP) is 2.82. The van der Waals surface area contributed by atoms with E-state index in [1.54, 1.807) is 0 Å². The molecule has 4 bridgehead atoms. The van der Waals surface area contributed by atoms with Crippen LogP contribution in [0.1, 0.15) is 51.9 Å². The second-order valence-electron chi connectivity index (χ2n) is 8.00. The molecule has 4 aliphatic carbocycles. The molecule has 0 aromatic carbocycles. The zero-order valence-electron chi connectivity index (χ0n) is 13.2. The highest BCUT2D eigenvalue weighted by molar-refractivity contribution is 7.99. The van der Waals surface area contributed by atoms with Gasteiger partial charge in [-0.05, 0) is 67.9 Å². The molecule has 2 atom stereocenters. The topological polar surface area (TPSA) is 49.3 Å². The van der Waals surface area contributed by atoms with E-state index >= 15 is 0 Å². The smallest absolute Gasteiger partial charge is 0.226 e. The fourth-order valence-electron chi connectivity index (χ4n) is 5.68. The van der Waals surface area contributed by atoms with Crippen molar-refractivity contribution >= 4 is 17.7 Å². The Bertz CT molecular complexity index is 384. The van der Waals surface area contributed by atoms with Crippen LogP contribution in [0.2, 0.25) is 0 Å². The average molecular weight is 311 g/mol. The van der Waals surface area contributed by atoms with Crippen LogP contribution in [-0.2, 0) is 4.79 Å². The van der Waals surface area contributed by atoms with Crippen molar-refractivity contribution in [3.05, 3.63) is 0 Å². The van der Waals surface area contributed by atoms with E-state index in [0.717, 1.165) is 55.6 Å². The van der Waals surface area contributed by atoms with Gasteiger partial charge in [0.05, 0.1) is 5.41 Å². The Balaban J connectivity index is 1.50. The highest BCUT2D eigenvalue weighted by Crippen LogP contribution is 2.65. The Hall–Kier alpha value is -0.220. The lowest BCUT2D eigenvalue weighted by atomic mass is 9.44. The summed E-state index contributed by atoms with van der Waals surface area (Å²) in [6, 6.07) is 0. The molecular weight excluding hydrogens is 282 g/mol. The molecule has 1 amide bonds. The monoisotopic (exact) mass is 311 g/mol. The maximum Gasteiger partial charge on any atom is 0.226 e. The van der Waals surface area contributed by atoms with Gasteiger partial charge in [-0.3, -0.25) is 4.79 Å². The lowest BCUT2D eigenvalue weighted by Crippen LogP contribution is -2.56. The fourth-order valence-corrected chi connectivity index (χ4v) is 6.46. The van der Waals surface area contributed by atoms with Crippen LogP contribution in [0.25, 0.3) is 0 Å². The second kappa shape index (κ2) is 6.11. The molecule has 4 aliphatic rings. The molecule has 0 aliphatic heterocycles. The maximum absolute atomic E-state index is 12.8. The molecular formula is C17H29NO2S. The zero-order valence-corrected chi connectivity index (χ0v) is 14.0. The normalized spacial score (nSPS) is 40.5. The third-order valence-corrected chi connectivity index (χ3v) is 6.88. The van der Waals surface area contributed by atoms with Gasteiger partial charge >= 0.3 is 0 Å². The summed E-state index contributed by atoms with van der Waals surface area (Å²) in [5.41, 5.74) is 0.409. The first-order valence-electron chi connectivity index (χ1n) is 8.52. The molecule has 4 heteroatoms. The number of carbonyl (C=O) groups excluding carboxylic acids is 1. The van der Waals surface area contributed by atoms with E-state index in [2.05, 4.69) is 12.2 Å². The number of rotatable bonds is 7. The molecule has 0 heterocycles. The van der Waals surface area contributed by atoms with E-state index in [-0.39, 0.29) is 12.0 Å². The maximum atomic E-state index is 12.8. The van der Waals surface area contributed by atoms with Gasteiger partial charge in [-0.2, -0.15) is 11.8 Å².